The lowest BCUT2D eigenvalue weighted by Crippen LogP contribution is -2.32. The summed E-state index contributed by atoms with van der Waals surface area (Å²) in [7, 11) is -3.69. The van der Waals surface area contributed by atoms with Crippen LogP contribution in [0.1, 0.15) is 55.6 Å². The standard InChI is InChI=1S/C23H30FN3O3S/c1-4-27(5-2)31(29,30)20-12-13-22(26-14-6-7-15-26)21(16-20)23(28)25-17(3)18-8-10-19(24)11-9-18/h8-13,16-17H,4-7,14-15H2,1-3H3,(H,25,28). The second-order valence-corrected chi connectivity index (χ2v) is 9.65. The molecule has 2 aromatic carbocycles. The van der Waals surface area contributed by atoms with Gasteiger partial charge in [-0.1, -0.05) is 26.0 Å². The van der Waals surface area contributed by atoms with Gasteiger partial charge < -0.3 is 10.2 Å². The number of carbonyl (C=O) groups excluding carboxylic acids is 1. The maximum Gasteiger partial charge on any atom is 0.253 e. The third-order valence-corrected chi connectivity index (χ3v) is 7.77. The zero-order valence-corrected chi connectivity index (χ0v) is 19.1. The number of hydrogen-bond acceptors (Lipinski definition) is 4. The first-order valence-electron chi connectivity index (χ1n) is 10.7. The quantitative estimate of drug-likeness (QED) is 0.665. The van der Waals surface area contributed by atoms with Crippen LogP contribution in [0.2, 0.25) is 0 Å². The molecule has 31 heavy (non-hydrogen) atoms. The molecule has 0 aliphatic carbocycles. The molecule has 1 N–H and O–H groups in total. The van der Waals surface area contributed by atoms with Gasteiger partial charge in [-0.15, -0.1) is 0 Å². The molecule has 168 valence electrons. The van der Waals surface area contributed by atoms with E-state index in [1.807, 2.05) is 6.92 Å². The van der Waals surface area contributed by atoms with Crippen molar-refractivity contribution < 1.29 is 17.6 Å². The summed E-state index contributed by atoms with van der Waals surface area (Å²) >= 11 is 0. The number of amides is 1. The van der Waals surface area contributed by atoms with Crippen LogP contribution in [-0.2, 0) is 10.0 Å². The lowest BCUT2D eigenvalue weighted by atomic mass is 10.1. The fourth-order valence-corrected chi connectivity index (χ4v) is 5.40. The Morgan fingerprint density at radius 1 is 1.10 bits per heavy atom. The summed E-state index contributed by atoms with van der Waals surface area (Å²) in [4.78, 5) is 15.5. The van der Waals surface area contributed by atoms with Crippen LogP contribution in [0.25, 0.3) is 0 Å². The van der Waals surface area contributed by atoms with E-state index in [0.717, 1.165) is 37.2 Å². The summed E-state index contributed by atoms with van der Waals surface area (Å²) in [6, 6.07) is 10.4. The molecule has 2 aromatic rings. The average molecular weight is 448 g/mol. The van der Waals surface area contributed by atoms with E-state index in [9.17, 15) is 17.6 Å². The molecule has 6 nitrogen and oxygen atoms in total. The minimum absolute atomic E-state index is 0.110. The molecule has 1 amide bonds. The van der Waals surface area contributed by atoms with E-state index in [0.29, 0.717) is 18.7 Å². The van der Waals surface area contributed by atoms with Gasteiger partial charge in [-0.2, -0.15) is 4.31 Å². The Kier molecular flexibility index (Phi) is 7.33. The van der Waals surface area contributed by atoms with E-state index >= 15 is 0 Å². The molecule has 1 heterocycles. The van der Waals surface area contributed by atoms with Crippen LogP contribution in [0, 0.1) is 5.82 Å². The average Bonchev–Trinajstić information content (AvgIpc) is 3.29. The minimum Gasteiger partial charge on any atom is -0.371 e. The summed E-state index contributed by atoms with van der Waals surface area (Å²) in [6.07, 6.45) is 2.07. The van der Waals surface area contributed by atoms with E-state index in [4.69, 9.17) is 0 Å². The number of carbonyl (C=O) groups is 1. The summed E-state index contributed by atoms with van der Waals surface area (Å²) < 4.78 is 40.7. The number of hydrogen-bond donors (Lipinski definition) is 1. The number of halogens is 1. The van der Waals surface area contributed by atoms with Crippen molar-refractivity contribution in [3.8, 4) is 0 Å². The van der Waals surface area contributed by atoms with Crippen LogP contribution in [0.15, 0.2) is 47.4 Å². The van der Waals surface area contributed by atoms with Gasteiger partial charge >= 0.3 is 0 Å². The molecule has 8 heteroatoms. The molecule has 1 atom stereocenters. The van der Waals surface area contributed by atoms with Gasteiger partial charge in [0.1, 0.15) is 5.82 Å². The number of benzene rings is 2. The van der Waals surface area contributed by atoms with Gasteiger partial charge in [0.05, 0.1) is 16.5 Å². The van der Waals surface area contributed by atoms with Crippen molar-refractivity contribution in [2.45, 2.75) is 44.6 Å². The normalized spacial score (nSPS) is 15.3. The highest BCUT2D eigenvalue weighted by Crippen LogP contribution is 2.29. The van der Waals surface area contributed by atoms with E-state index in [-0.39, 0.29) is 22.7 Å². The zero-order chi connectivity index (χ0) is 22.6. The van der Waals surface area contributed by atoms with E-state index < -0.39 is 10.0 Å². The molecule has 1 unspecified atom stereocenters. The van der Waals surface area contributed by atoms with Gasteiger partial charge in [-0.3, -0.25) is 4.79 Å². The first-order chi connectivity index (χ1) is 14.8. The lowest BCUT2D eigenvalue weighted by Gasteiger charge is -2.24. The molecule has 0 saturated carbocycles. The van der Waals surface area contributed by atoms with Gasteiger partial charge in [0.15, 0.2) is 0 Å². The highest BCUT2D eigenvalue weighted by molar-refractivity contribution is 7.89. The van der Waals surface area contributed by atoms with Crippen molar-refractivity contribution in [1.29, 1.82) is 0 Å². The number of sulfonamides is 1. The van der Waals surface area contributed by atoms with E-state index in [1.165, 1.54) is 22.5 Å². The largest absolute Gasteiger partial charge is 0.371 e. The predicted molar refractivity (Wildman–Crippen MR) is 120 cm³/mol. The SMILES string of the molecule is CCN(CC)S(=O)(=O)c1ccc(N2CCCC2)c(C(=O)NC(C)c2ccc(F)cc2)c1. The third-order valence-electron chi connectivity index (χ3n) is 5.72. The van der Waals surface area contributed by atoms with Crippen molar-refractivity contribution in [3.05, 3.63) is 59.4 Å². The second-order valence-electron chi connectivity index (χ2n) is 7.71. The fraction of sp³-hybridized carbons (Fsp3) is 0.435. The number of anilines is 1. The number of nitrogens with one attached hydrogen (secondary N) is 1. The topological polar surface area (TPSA) is 69.7 Å². The van der Waals surface area contributed by atoms with Crippen LogP contribution >= 0.6 is 0 Å². The first kappa shape index (κ1) is 23.2. The molecular formula is C23H30FN3O3S. The third kappa shape index (κ3) is 5.07. The lowest BCUT2D eigenvalue weighted by molar-refractivity contribution is 0.0940. The zero-order valence-electron chi connectivity index (χ0n) is 18.3. The van der Waals surface area contributed by atoms with Crippen LogP contribution in [0.4, 0.5) is 10.1 Å². The first-order valence-corrected chi connectivity index (χ1v) is 12.2. The van der Waals surface area contributed by atoms with Crippen molar-refractivity contribution in [2.24, 2.45) is 0 Å². The number of rotatable bonds is 8. The number of nitrogens with zero attached hydrogens (tertiary/aromatic N) is 2. The second kappa shape index (κ2) is 9.78. The molecule has 3 rings (SSSR count). The fourth-order valence-electron chi connectivity index (χ4n) is 3.91. The molecule has 1 saturated heterocycles. The van der Waals surface area contributed by atoms with Crippen LogP contribution in [-0.4, -0.2) is 44.8 Å². The molecule has 0 bridgehead atoms. The Balaban J connectivity index is 1.96. The summed E-state index contributed by atoms with van der Waals surface area (Å²) in [5.74, 6) is -0.691. The van der Waals surface area contributed by atoms with Gasteiger partial charge in [-0.25, -0.2) is 12.8 Å². The molecule has 1 fully saturated rings. The minimum atomic E-state index is -3.69. The van der Waals surface area contributed by atoms with Crippen LogP contribution < -0.4 is 10.2 Å². The Bertz CT molecular complexity index is 1010. The monoisotopic (exact) mass is 447 g/mol. The molecule has 0 spiro atoms. The highest BCUT2D eigenvalue weighted by atomic mass is 32.2. The molecule has 0 aromatic heterocycles. The summed E-state index contributed by atoms with van der Waals surface area (Å²) in [5, 5.41) is 2.94. The molecule has 0 radical (unpaired) electrons. The van der Waals surface area contributed by atoms with E-state index in [2.05, 4.69) is 10.2 Å². The van der Waals surface area contributed by atoms with Crippen LogP contribution in [0.5, 0.6) is 0 Å². The van der Waals surface area contributed by atoms with Crippen LogP contribution in [0.3, 0.4) is 0 Å². The Morgan fingerprint density at radius 2 is 1.71 bits per heavy atom. The Hall–Kier alpha value is -2.45. The Labute approximate surface area is 184 Å². The van der Waals surface area contributed by atoms with Crippen molar-refractivity contribution in [1.82, 2.24) is 9.62 Å². The van der Waals surface area contributed by atoms with E-state index in [1.54, 1.807) is 38.1 Å². The molecule has 1 aliphatic rings. The van der Waals surface area contributed by atoms with Gasteiger partial charge in [0, 0.05) is 31.9 Å². The van der Waals surface area contributed by atoms with Gasteiger partial charge in [-0.05, 0) is 55.7 Å². The Morgan fingerprint density at radius 3 is 2.29 bits per heavy atom. The smallest absolute Gasteiger partial charge is 0.253 e. The van der Waals surface area contributed by atoms with Crippen molar-refractivity contribution >= 4 is 21.6 Å². The van der Waals surface area contributed by atoms with Gasteiger partial charge in [0.25, 0.3) is 5.91 Å². The highest BCUT2D eigenvalue weighted by Gasteiger charge is 2.27. The molecular weight excluding hydrogens is 417 g/mol. The predicted octanol–water partition coefficient (Wildman–Crippen LogP) is 3.95. The summed E-state index contributed by atoms with van der Waals surface area (Å²) in [6.45, 7) is 7.77. The van der Waals surface area contributed by atoms with Crippen molar-refractivity contribution in [3.63, 3.8) is 0 Å². The van der Waals surface area contributed by atoms with Gasteiger partial charge in [0.2, 0.25) is 10.0 Å². The maximum atomic E-state index is 13.2. The molecule has 1 aliphatic heterocycles. The summed E-state index contributed by atoms with van der Waals surface area (Å²) in [5.41, 5.74) is 1.84. The van der Waals surface area contributed by atoms with Crippen molar-refractivity contribution in [2.75, 3.05) is 31.1 Å². The maximum absolute atomic E-state index is 13.2.